The molecule has 2 aromatic carbocycles. The predicted octanol–water partition coefficient (Wildman–Crippen LogP) is 5.36. The molecule has 4 aliphatic rings. The van der Waals surface area contributed by atoms with Gasteiger partial charge in [0, 0.05) is 56.4 Å². The van der Waals surface area contributed by atoms with E-state index in [0.717, 1.165) is 38.0 Å². The van der Waals surface area contributed by atoms with E-state index in [4.69, 9.17) is 14.2 Å². The first kappa shape index (κ1) is 38.7. The quantitative estimate of drug-likeness (QED) is 0.235. The molecule has 292 valence electrons. The molecule has 3 aliphatic heterocycles. The first-order valence-electron chi connectivity index (χ1n) is 18.5. The van der Waals surface area contributed by atoms with Gasteiger partial charge < -0.3 is 45.3 Å². The topological polar surface area (TPSA) is 155 Å². The number of anilines is 3. The average Bonchev–Trinajstić information content (AvgIpc) is 3.72. The lowest BCUT2D eigenvalue weighted by Crippen LogP contribution is -2.41. The van der Waals surface area contributed by atoms with E-state index in [0.29, 0.717) is 62.6 Å². The zero-order valence-corrected chi connectivity index (χ0v) is 30.5. The van der Waals surface area contributed by atoms with Crippen LogP contribution in [0.1, 0.15) is 61.4 Å². The van der Waals surface area contributed by atoms with Gasteiger partial charge in [-0.1, -0.05) is 12.1 Å². The first-order valence-corrected chi connectivity index (χ1v) is 18.5. The number of nitrogens with one attached hydrogen (secondary N) is 4. The molecule has 3 amide bonds. The zero-order valence-electron chi connectivity index (χ0n) is 30.5. The van der Waals surface area contributed by atoms with Crippen LogP contribution in [-0.4, -0.2) is 109 Å². The Morgan fingerprint density at radius 1 is 0.907 bits per heavy atom. The molecule has 54 heavy (non-hydrogen) atoms. The Labute approximate surface area is 312 Å². The van der Waals surface area contributed by atoms with Crippen molar-refractivity contribution >= 4 is 29.5 Å². The predicted molar refractivity (Wildman–Crippen MR) is 195 cm³/mol. The molecule has 3 aromatic rings. The average molecular weight is 756 g/mol. The van der Waals surface area contributed by atoms with E-state index in [2.05, 4.69) is 41.1 Å². The molecule has 1 aliphatic carbocycles. The Bertz CT molecular complexity index is 1720. The summed E-state index contributed by atoms with van der Waals surface area (Å²) in [4.78, 5) is 43.2. The van der Waals surface area contributed by atoms with Crippen molar-refractivity contribution in [3.8, 4) is 17.5 Å². The van der Waals surface area contributed by atoms with E-state index >= 15 is 0 Å². The molecule has 0 spiro atoms. The highest BCUT2D eigenvalue weighted by Gasteiger charge is 2.44. The highest BCUT2D eigenvalue weighted by Crippen LogP contribution is 2.46. The normalized spacial score (nSPS) is 17.7. The molecule has 1 saturated heterocycles. The maximum Gasteiger partial charge on any atom is 0.422 e. The summed E-state index contributed by atoms with van der Waals surface area (Å²) in [6.45, 7) is 6.16. The number of urea groups is 1. The van der Waals surface area contributed by atoms with E-state index in [1.54, 1.807) is 35.2 Å². The summed E-state index contributed by atoms with van der Waals surface area (Å²) in [6.07, 6.45) is 1.00. The maximum absolute atomic E-state index is 13.7. The van der Waals surface area contributed by atoms with Crippen molar-refractivity contribution in [3.63, 3.8) is 0 Å². The van der Waals surface area contributed by atoms with Gasteiger partial charge in [0.25, 0.3) is 5.91 Å². The molecular weight excluding hydrogens is 707 g/mol. The summed E-state index contributed by atoms with van der Waals surface area (Å²) in [5.41, 5.74) is 1.64. The van der Waals surface area contributed by atoms with Crippen LogP contribution in [0.5, 0.6) is 17.5 Å². The molecule has 14 nitrogen and oxygen atoms in total. The Hall–Kier alpha value is -5.06. The second-order valence-corrected chi connectivity index (χ2v) is 13.9. The monoisotopic (exact) mass is 755 g/mol. The first-order chi connectivity index (χ1) is 26.1. The van der Waals surface area contributed by atoms with Crippen LogP contribution in [0.15, 0.2) is 42.5 Å². The summed E-state index contributed by atoms with van der Waals surface area (Å²) in [6, 6.07) is 11.5. The number of rotatable bonds is 8. The fourth-order valence-electron chi connectivity index (χ4n) is 6.43. The molecule has 0 unspecified atom stereocenters. The van der Waals surface area contributed by atoms with Gasteiger partial charge in [-0.3, -0.25) is 4.79 Å². The van der Waals surface area contributed by atoms with Crippen molar-refractivity contribution in [2.45, 2.75) is 58.2 Å². The van der Waals surface area contributed by atoms with Gasteiger partial charge in [0.05, 0.1) is 18.8 Å². The molecule has 1 aromatic heterocycles. The number of alkyl halides is 3. The molecule has 4 heterocycles. The summed E-state index contributed by atoms with van der Waals surface area (Å²) >= 11 is 0. The van der Waals surface area contributed by atoms with Crippen molar-refractivity contribution < 1.29 is 37.0 Å². The van der Waals surface area contributed by atoms with Crippen LogP contribution in [0.3, 0.4) is 0 Å². The number of aromatic nitrogens is 3. The van der Waals surface area contributed by atoms with Crippen LogP contribution >= 0.6 is 0 Å². The van der Waals surface area contributed by atoms with Crippen LogP contribution in [0, 0.1) is 5.41 Å². The molecule has 0 atom stereocenters. The number of likely N-dealkylation sites (tertiary alicyclic amines) is 1. The van der Waals surface area contributed by atoms with Gasteiger partial charge in [0.2, 0.25) is 11.9 Å². The van der Waals surface area contributed by atoms with Crippen molar-refractivity contribution in [2.24, 2.45) is 5.41 Å². The van der Waals surface area contributed by atoms with E-state index in [-0.39, 0.29) is 48.2 Å². The molecule has 6 bridgehead atoms. The Balaban J connectivity index is 1.24. The highest BCUT2D eigenvalue weighted by atomic mass is 19.4. The van der Waals surface area contributed by atoms with E-state index in [1.807, 2.05) is 19.1 Å². The van der Waals surface area contributed by atoms with E-state index < -0.39 is 18.8 Å². The minimum Gasteiger partial charge on any atom is -0.494 e. The number of fused-ring (bicyclic) bond motifs is 11. The molecule has 7 rings (SSSR count). The zero-order chi connectivity index (χ0) is 38.0. The van der Waals surface area contributed by atoms with Gasteiger partial charge >= 0.3 is 18.2 Å². The lowest BCUT2D eigenvalue weighted by molar-refractivity contribution is -0.154. The number of carbonyl (C=O) groups is 2. The summed E-state index contributed by atoms with van der Waals surface area (Å²) < 4.78 is 56.2. The molecule has 2 fully saturated rings. The highest BCUT2D eigenvalue weighted by molar-refractivity contribution is 5.97. The van der Waals surface area contributed by atoms with E-state index in [1.165, 1.54) is 12.8 Å². The second-order valence-electron chi connectivity index (χ2n) is 13.9. The lowest BCUT2D eigenvalue weighted by atomic mass is 10.1. The lowest BCUT2D eigenvalue weighted by Gasteiger charge is -2.24. The number of hydrogen-bond donors (Lipinski definition) is 4. The van der Waals surface area contributed by atoms with Gasteiger partial charge in [-0.05, 0) is 88.4 Å². The van der Waals surface area contributed by atoms with Crippen LogP contribution in [0.4, 0.5) is 35.5 Å². The fourth-order valence-corrected chi connectivity index (χ4v) is 6.43. The Morgan fingerprint density at radius 2 is 1.63 bits per heavy atom. The molecular formula is C37H48F3N9O5. The van der Waals surface area contributed by atoms with Crippen LogP contribution in [-0.2, 0) is 6.54 Å². The molecule has 1 saturated carbocycles. The third kappa shape index (κ3) is 11.5. The van der Waals surface area contributed by atoms with Gasteiger partial charge in [-0.15, -0.1) is 0 Å². The van der Waals surface area contributed by atoms with Crippen molar-refractivity contribution in [3.05, 3.63) is 53.6 Å². The number of hydrogen-bond acceptors (Lipinski definition) is 11. The fraction of sp³-hybridized carbons (Fsp3) is 0.541. The summed E-state index contributed by atoms with van der Waals surface area (Å²) in [5, 5.41) is 12.0. The van der Waals surface area contributed by atoms with Gasteiger partial charge in [-0.25, -0.2) is 4.79 Å². The molecule has 4 N–H and O–H groups in total. The van der Waals surface area contributed by atoms with Crippen molar-refractivity contribution in [1.82, 2.24) is 35.4 Å². The molecule has 0 radical (unpaired) electrons. The maximum atomic E-state index is 13.7. The van der Waals surface area contributed by atoms with Crippen LogP contribution < -0.4 is 35.5 Å². The number of halogens is 3. The summed E-state index contributed by atoms with van der Waals surface area (Å²) in [7, 11) is 0. The van der Waals surface area contributed by atoms with E-state index in [9.17, 15) is 22.8 Å². The Kier molecular flexibility index (Phi) is 12.8. The van der Waals surface area contributed by atoms with Gasteiger partial charge in [0.15, 0.2) is 6.61 Å². The SMILES string of the molecule is CCNC(=O)N1CCCOc2ccc(cc2)CNc2nc(nc(OCC(F)(F)F)n2)Nc2ccc(C(=O)NCC3(CN4CCCC4)CC3)c(c2)OCCC1. The minimum absolute atomic E-state index is 0.0146. The largest absolute Gasteiger partial charge is 0.494 e. The van der Waals surface area contributed by atoms with Gasteiger partial charge in [-0.2, -0.15) is 28.1 Å². The van der Waals surface area contributed by atoms with Crippen molar-refractivity contribution in [2.75, 3.05) is 76.3 Å². The number of ether oxygens (including phenoxy) is 3. The standard InChI is InChI=1S/C37H48F3N9O5/c1-2-41-35(51)49-17-5-19-52-28-10-7-26(8-11-28)22-42-32-45-33(47-34(46-32)54-25-37(38,39)40)44-27-9-12-29(30(21-27)53-20-6-18-49)31(50)43-23-36(13-14-36)24-48-15-3-4-16-48/h7-12,21H,2-6,13-20,22-25H2,1H3,(H,41,51)(H,43,50)(H2,42,44,45,46,47). The van der Waals surface area contributed by atoms with Crippen molar-refractivity contribution in [1.29, 1.82) is 0 Å². The number of amides is 3. The molecule has 17 heteroatoms. The number of benzene rings is 2. The van der Waals surface area contributed by atoms with Gasteiger partial charge in [0.1, 0.15) is 11.5 Å². The smallest absolute Gasteiger partial charge is 0.422 e. The Morgan fingerprint density at radius 3 is 2.33 bits per heavy atom. The van der Waals surface area contributed by atoms with Crippen LogP contribution in [0.25, 0.3) is 0 Å². The van der Waals surface area contributed by atoms with Crippen LogP contribution in [0.2, 0.25) is 0 Å². The second kappa shape index (κ2) is 17.8. The third-order valence-electron chi connectivity index (χ3n) is 9.46. The number of carbonyl (C=O) groups excluding carboxylic acids is 2. The number of nitrogens with zero attached hydrogens (tertiary/aromatic N) is 5. The third-order valence-corrected chi connectivity index (χ3v) is 9.46. The summed E-state index contributed by atoms with van der Waals surface area (Å²) in [5.74, 6) is 0.546. The minimum atomic E-state index is -4.61.